The molecule has 0 aliphatic carbocycles. The summed E-state index contributed by atoms with van der Waals surface area (Å²) >= 11 is 0. The Morgan fingerprint density at radius 3 is 2.68 bits per heavy atom. The van der Waals surface area contributed by atoms with E-state index in [-0.39, 0.29) is 18.4 Å². The highest BCUT2D eigenvalue weighted by molar-refractivity contribution is 5.86. The molecule has 0 bridgehead atoms. The second kappa shape index (κ2) is 9.70. The lowest BCUT2D eigenvalue weighted by Crippen LogP contribution is -2.47. The van der Waals surface area contributed by atoms with Crippen molar-refractivity contribution in [1.82, 2.24) is 15.5 Å². The number of alkyl halides is 1. The number of nitrogens with one attached hydrogen (secondary N) is 2. The number of rotatable bonds is 8. The van der Waals surface area contributed by atoms with E-state index in [4.69, 9.17) is 5.11 Å². The van der Waals surface area contributed by atoms with Gasteiger partial charge in [0.1, 0.15) is 0 Å². The number of piperidine rings is 2. The number of carbonyl (C=O) groups is 3. The van der Waals surface area contributed by atoms with Gasteiger partial charge in [0.05, 0.1) is 13.1 Å². The molecule has 2 amide bonds. The van der Waals surface area contributed by atoms with Gasteiger partial charge in [-0.05, 0) is 57.5 Å². The first-order valence-corrected chi connectivity index (χ1v) is 9.10. The van der Waals surface area contributed by atoms with E-state index < -0.39 is 24.6 Å². The molecule has 0 aromatic carbocycles. The van der Waals surface area contributed by atoms with Crippen LogP contribution >= 0.6 is 0 Å². The van der Waals surface area contributed by atoms with Crippen LogP contribution in [-0.2, 0) is 14.4 Å². The van der Waals surface area contributed by atoms with E-state index in [1.54, 1.807) is 0 Å². The molecule has 8 heteroatoms. The van der Waals surface area contributed by atoms with Crippen molar-refractivity contribution in [3.05, 3.63) is 0 Å². The summed E-state index contributed by atoms with van der Waals surface area (Å²) in [7, 11) is 0. The van der Waals surface area contributed by atoms with Gasteiger partial charge in [0.15, 0.2) is 0 Å². The van der Waals surface area contributed by atoms with Gasteiger partial charge in [-0.3, -0.25) is 9.59 Å². The van der Waals surface area contributed by atoms with E-state index in [1.165, 1.54) is 4.90 Å². The Hall–Kier alpha value is -1.70. The molecule has 0 radical (unpaired) electrons. The molecule has 2 rings (SSSR count). The molecule has 2 atom stereocenters. The van der Waals surface area contributed by atoms with Gasteiger partial charge in [0.25, 0.3) is 0 Å². The maximum Gasteiger partial charge on any atom is 0.340 e. The van der Waals surface area contributed by atoms with Crippen LogP contribution in [0.1, 0.15) is 38.5 Å². The number of hydrogen-bond acceptors (Lipinski definition) is 4. The lowest BCUT2D eigenvalue weighted by Gasteiger charge is -2.33. The zero-order valence-electron chi connectivity index (χ0n) is 14.5. The van der Waals surface area contributed by atoms with Crippen LogP contribution < -0.4 is 10.6 Å². The van der Waals surface area contributed by atoms with Crippen LogP contribution in [-0.4, -0.2) is 66.7 Å². The van der Waals surface area contributed by atoms with E-state index in [0.717, 1.165) is 51.6 Å². The second-order valence-electron chi connectivity index (χ2n) is 6.98. The number of amides is 2. The van der Waals surface area contributed by atoms with E-state index in [9.17, 15) is 18.8 Å². The normalized spacial score (nSPS) is 23.3. The fourth-order valence-electron chi connectivity index (χ4n) is 3.57. The van der Waals surface area contributed by atoms with Crippen molar-refractivity contribution in [3.63, 3.8) is 0 Å². The first-order valence-electron chi connectivity index (χ1n) is 9.10. The fourth-order valence-corrected chi connectivity index (χ4v) is 3.57. The highest BCUT2D eigenvalue weighted by Crippen LogP contribution is 2.27. The third-order valence-electron chi connectivity index (χ3n) is 5.10. The summed E-state index contributed by atoms with van der Waals surface area (Å²) in [6.07, 6.45) is 3.79. The van der Waals surface area contributed by atoms with Gasteiger partial charge >= 0.3 is 5.97 Å². The first-order chi connectivity index (χ1) is 12.0. The minimum Gasteiger partial charge on any atom is -0.479 e. The maximum absolute atomic E-state index is 13.0. The smallest absolute Gasteiger partial charge is 0.340 e. The molecule has 0 spiro atoms. The molecule has 3 N–H and O–H groups in total. The quantitative estimate of drug-likeness (QED) is 0.589. The van der Waals surface area contributed by atoms with Crippen LogP contribution in [0, 0.1) is 11.8 Å². The van der Waals surface area contributed by atoms with Crippen molar-refractivity contribution in [2.45, 2.75) is 44.7 Å². The van der Waals surface area contributed by atoms with Gasteiger partial charge in [-0.1, -0.05) is 0 Å². The Morgan fingerprint density at radius 2 is 2.00 bits per heavy atom. The van der Waals surface area contributed by atoms with Crippen LogP contribution in [0.5, 0.6) is 0 Å². The molecule has 142 valence electrons. The highest BCUT2D eigenvalue weighted by Gasteiger charge is 2.30. The number of aliphatic carboxylic acids is 1. The second-order valence-corrected chi connectivity index (χ2v) is 6.98. The molecule has 0 aromatic rings. The Balaban J connectivity index is 1.74. The highest BCUT2D eigenvalue weighted by atomic mass is 19.1. The number of halogens is 1. The van der Waals surface area contributed by atoms with Crippen LogP contribution in [0.15, 0.2) is 0 Å². The van der Waals surface area contributed by atoms with Crippen molar-refractivity contribution in [1.29, 1.82) is 0 Å². The Morgan fingerprint density at radius 1 is 1.28 bits per heavy atom. The largest absolute Gasteiger partial charge is 0.479 e. The molecule has 2 aliphatic heterocycles. The predicted molar refractivity (Wildman–Crippen MR) is 89.7 cm³/mol. The van der Waals surface area contributed by atoms with E-state index in [0.29, 0.717) is 12.5 Å². The van der Waals surface area contributed by atoms with E-state index in [2.05, 4.69) is 10.6 Å². The van der Waals surface area contributed by atoms with Crippen molar-refractivity contribution >= 4 is 17.8 Å². The van der Waals surface area contributed by atoms with Gasteiger partial charge in [-0.25, -0.2) is 9.18 Å². The molecule has 2 aliphatic rings. The van der Waals surface area contributed by atoms with Crippen LogP contribution in [0.3, 0.4) is 0 Å². The summed E-state index contributed by atoms with van der Waals surface area (Å²) in [5.41, 5.74) is 0. The minimum atomic E-state index is -2.13. The standard InChI is InChI=1S/C17H28FN3O4/c18-14(17(24)25)10-20-15(22)11-21-9-1-2-13(16(21)23)4-3-12-5-7-19-8-6-12/h12-14,19H,1-11H2,(H,20,22)(H,24,25). The third-order valence-corrected chi connectivity index (χ3v) is 5.10. The van der Waals surface area contributed by atoms with Crippen LogP contribution in [0.2, 0.25) is 0 Å². The van der Waals surface area contributed by atoms with Gasteiger partial charge in [0, 0.05) is 12.5 Å². The monoisotopic (exact) mass is 357 g/mol. The minimum absolute atomic E-state index is 0.00892. The average molecular weight is 357 g/mol. The fraction of sp³-hybridized carbons (Fsp3) is 0.824. The predicted octanol–water partition coefficient (Wildman–Crippen LogP) is 0.544. The zero-order chi connectivity index (χ0) is 18.2. The maximum atomic E-state index is 13.0. The van der Waals surface area contributed by atoms with Crippen molar-refractivity contribution in [2.75, 3.05) is 32.7 Å². The molecule has 2 unspecified atom stereocenters. The number of likely N-dealkylation sites (tertiary alicyclic amines) is 1. The molecule has 2 heterocycles. The summed E-state index contributed by atoms with van der Waals surface area (Å²) in [6.45, 7) is 1.90. The van der Waals surface area contributed by atoms with Crippen molar-refractivity contribution in [2.24, 2.45) is 11.8 Å². The number of carboxylic acids is 1. The average Bonchev–Trinajstić information content (AvgIpc) is 2.61. The molecular formula is C17H28FN3O4. The molecule has 2 saturated heterocycles. The van der Waals surface area contributed by atoms with Gasteiger partial charge in [0.2, 0.25) is 18.0 Å². The number of hydrogen-bond donors (Lipinski definition) is 3. The van der Waals surface area contributed by atoms with Crippen LogP contribution in [0.4, 0.5) is 4.39 Å². The van der Waals surface area contributed by atoms with E-state index in [1.807, 2.05) is 0 Å². The van der Waals surface area contributed by atoms with Crippen molar-refractivity contribution < 1.29 is 23.9 Å². The number of carbonyl (C=O) groups excluding carboxylic acids is 2. The van der Waals surface area contributed by atoms with Gasteiger partial charge in [-0.2, -0.15) is 0 Å². The molecule has 25 heavy (non-hydrogen) atoms. The Bertz CT molecular complexity index is 483. The summed E-state index contributed by atoms with van der Waals surface area (Å²) in [6, 6.07) is 0. The topological polar surface area (TPSA) is 98.7 Å². The first kappa shape index (κ1) is 19.6. The SMILES string of the molecule is O=C(CN1CCCC(CCC2CCNCC2)C1=O)NCC(F)C(=O)O. The lowest BCUT2D eigenvalue weighted by molar-refractivity contribution is -0.144. The van der Waals surface area contributed by atoms with Crippen LogP contribution in [0.25, 0.3) is 0 Å². The van der Waals surface area contributed by atoms with Gasteiger partial charge in [-0.15, -0.1) is 0 Å². The molecule has 7 nitrogen and oxygen atoms in total. The summed E-state index contributed by atoms with van der Waals surface area (Å²) in [5.74, 6) is -1.50. The Kier molecular flexibility index (Phi) is 7.61. The lowest BCUT2D eigenvalue weighted by atomic mass is 9.86. The molecule has 2 fully saturated rings. The number of nitrogens with zero attached hydrogens (tertiary/aromatic N) is 1. The van der Waals surface area contributed by atoms with E-state index >= 15 is 0 Å². The summed E-state index contributed by atoms with van der Waals surface area (Å²) in [4.78, 5) is 36.3. The summed E-state index contributed by atoms with van der Waals surface area (Å²) in [5, 5.41) is 14.0. The molecule has 0 aromatic heterocycles. The Labute approximate surface area is 147 Å². The van der Waals surface area contributed by atoms with Gasteiger partial charge < -0.3 is 20.6 Å². The molecule has 0 saturated carbocycles. The summed E-state index contributed by atoms with van der Waals surface area (Å²) < 4.78 is 13.0. The molecular weight excluding hydrogens is 329 g/mol. The van der Waals surface area contributed by atoms with Crippen molar-refractivity contribution in [3.8, 4) is 0 Å². The zero-order valence-corrected chi connectivity index (χ0v) is 14.5. The third kappa shape index (κ3) is 6.26. The number of carboxylic acid groups (broad SMARTS) is 1.